The van der Waals surface area contributed by atoms with Gasteiger partial charge in [0, 0.05) is 22.9 Å². The molecule has 4 N–H and O–H groups in total. The number of hydrogen-bond acceptors (Lipinski definition) is 3. The molecule has 0 heterocycles. The first-order chi connectivity index (χ1) is 9.06. The second-order valence-electron chi connectivity index (χ2n) is 4.09. The Hall–Kier alpha value is -2.20. The van der Waals surface area contributed by atoms with Crippen LogP contribution >= 0.6 is 11.6 Å². The van der Waals surface area contributed by atoms with E-state index >= 15 is 0 Å². The largest absolute Gasteiger partial charge is 0.478 e. The summed E-state index contributed by atoms with van der Waals surface area (Å²) < 4.78 is 0. The lowest BCUT2D eigenvalue weighted by Crippen LogP contribution is -2.07. The summed E-state index contributed by atoms with van der Waals surface area (Å²) in [7, 11) is 0. The van der Waals surface area contributed by atoms with E-state index in [0.29, 0.717) is 22.9 Å². The number of carboxylic acid groups (broad SMARTS) is 1. The van der Waals surface area contributed by atoms with Crippen LogP contribution in [0.15, 0.2) is 42.5 Å². The quantitative estimate of drug-likeness (QED) is 0.750. The van der Waals surface area contributed by atoms with E-state index in [2.05, 4.69) is 5.32 Å². The fraction of sp³-hybridized carbons (Fsp3) is 0.0714. The molecular weight excluding hydrogens is 264 g/mol. The molecule has 19 heavy (non-hydrogen) atoms. The second kappa shape index (κ2) is 5.63. The molecule has 0 radical (unpaired) electrons. The monoisotopic (exact) mass is 276 g/mol. The Labute approximate surface area is 115 Å². The van der Waals surface area contributed by atoms with Gasteiger partial charge in [0.15, 0.2) is 0 Å². The van der Waals surface area contributed by atoms with Crippen LogP contribution in [0.3, 0.4) is 0 Å². The van der Waals surface area contributed by atoms with E-state index in [9.17, 15) is 4.79 Å². The van der Waals surface area contributed by atoms with Crippen LogP contribution in [-0.2, 0) is 6.54 Å². The van der Waals surface area contributed by atoms with Gasteiger partial charge in [0.1, 0.15) is 0 Å². The van der Waals surface area contributed by atoms with E-state index in [1.807, 2.05) is 18.2 Å². The van der Waals surface area contributed by atoms with Crippen molar-refractivity contribution in [1.29, 1.82) is 0 Å². The molecule has 0 bridgehead atoms. The van der Waals surface area contributed by atoms with Gasteiger partial charge in [0.2, 0.25) is 0 Å². The summed E-state index contributed by atoms with van der Waals surface area (Å²) in [5, 5.41) is 12.8. The molecule has 0 amide bonds. The van der Waals surface area contributed by atoms with Crippen LogP contribution < -0.4 is 11.1 Å². The zero-order chi connectivity index (χ0) is 13.8. The maximum absolute atomic E-state index is 11.1. The van der Waals surface area contributed by atoms with Gasteiger partial charge in [-0.15, -0.1) is 0 Å². The highest BCUT2D eigenvalue weighted by molar-refractivity contribution is 6.30. The van der Waals surface area contributed by atoms with Gasteiger partial charge in [-0.2, -0.15) is 0 Å². The van der Waals surface area contributed by atoms with E-state index < -0.39 is 5.97 Å². The van der Waals surface area contributed by atoms with Crippen molar-refractivity contribution in [3.05, 3.63) is 58.6 Å². The van der Waals surface area contributed by atoms with Gasteiger partial charge in [-0.25, -0.2) is 4.79 Å². The minimum atomic E-state index is -1.01. The molecule has 5 heteroatoms. The summed E-state index contributed by atoms with van der Waals surface area (Å²) >= 11 is 5.89. The first-order valence-corrected chi connectivity index (χ1v) is 6.05. The molecule has 0 aliphatic heterocycles. The smallest absolute Gasteiger partial charge is 0.337 e. The van der Waals surface area contributed by atoms with E-state index in [-0.39, 0.29) is 5.56 Å². The minimum Gasteiger partial charge on any atom is -0.478 e. The summed E-state index contributed by atoms with van der Waals surface area (Å²) in [6.07, 6.45) is 0. The van der Waals surface area contributed by atoms with Crippen LogP contribution in [-0.4, -0.2) is 11.1 Å². The maximum Gasteiger partial charge on any atom is 0.337 e. The topological polar surface area (TPSA) is 75.3 Å². The van der Waals surface area contributed by atoms with Crippen molar-refractivity contribution in [1.82, 2.24) is 0 Å². The van der Waals surface area contributed by atoms with Gasteiger partial charge in [0.25, 0.3) is 0 Å². The molecule has 2 rings (SSSR count). The van der Waals surface area contributed by atoms with Crippen LogP contribution in [0, 0.1) is 0 Å². The Morgan fingerprint density at radius 2 is 2.05 bits per heavy atom. The number of anilines is 2. The average molecular weight is 277 g/mol. The Morgan fingerprint density at radius 1 is 1.26 bits per heavy atom. The van der Waals surface area contributed by atoms with Crippen LogP contribution in [0.2, 0.25) is 5.02 Å². The molecule has 0 saturated carbocycles. The standard InChI is InChI=1S/C14H13ClN2O2/c15-10-3-1-2-9(6-10)8-17-13-5-4-11(16)7-12(13)14(18)19/h1-7,17H,8,16H2,(H,18,19). The van der Waals surface area contributed by atoms with Crippen molar-refractivity contribution in [3.63, 3.8) is 0 Å². The molecule has 4 nitrogen and oxygen atoms in total. The number of nitrogens with two attached hydrogens (primary N) is 1. The number of benzene rings is 2. The predicted octanol–water partition coefficient (Wildman–Crippen LogP) is 3.23. The molecule has 0 aromatic heterocycles. The third-order valence-electron chi connectivity index (χ3n) is 2.65. The lowest BCUT2D eigenvalue weighted by Gasteiger charge is -2.10. The molecule has 0 unspecified atom stereocenters. The minimum absolute atomic E-state index is 0.155. The zero-order valence-corrected chi connectivity index (χ0v) is 10.8. The fourth-order valence-corrected chi connectivity index (χ4v) is 1.95. The van der Waals surface area contributed by atoms with Gasteiger partial charge in [0.05, 0.1) is 5.56 Å². The number of halogens is 1. The van der Waals surface area contributed by atoms with E-state index in [1.165, 1.54) is 6.07 Å². The summed E-state index contributed by atoms with van der Waals surface area (Å²) in [5.74, 6) is -1.01. The number of nitrogen functional groups attached to an aromatic ring is 1. The maximum atomic E-state index is 11.1. The second-order valence-corrected chi connectivity index (χ2v) is 4.53. The van der Waals surface area contributed by atoms with Crippen LogP contribution in [0.1, 0.15) is 15.9 Å². The molecule has 98 valence electrons. The highest BCUT2D eigenvalue weighted by atomic mass is 35.5. The number of carbonyl (C=O) groups is 1. The van der Waals surface area contributed by atoms with Crippen molar-refractivity contribution in [3.8, 4) is 0 Å². The zero-order valence-electron chi connectivity index (χ0n) is 10.1. The molecule has 2 aromatic carbocycles. The van der Waals surface area contributed by atoms with Gasteiger partial charge in [-0.3, -0.25) is 0 Å². The van der Waals surface area contributed by atoms with Crippen molar-refractivity contribution in [2.24, 2.45) is 0 Å². The van der Waals surface area contributed by atoms with E-state index in [0.717, 1.165) is 5.56 Å². The van der Waals surface area contributed by atoms with E-state index in [1.54, 1.807) is 18.2 Å². The Morgan fingerprint density at radius 3 is 2.74 bits per heavy atom. The normalized spacial score (nSPS) is 10.2. The molecule has 2 aromatic rings. The highest BCUT2D eigenvalue weighted by Crippen LogP contribution is 2.20. The Kier molecular flexibility index (Phi) is 3.92. The molecular formula is C14H13ClN2O2. The van der Waals surface area contributed by atoms with Crippen molar-refractivity contribution >= 4 is 28.9 Å². The first-order valence-electron chi connectivity index (χ1n) is 5.67. The highest BCUT2D eigenvalue weighted by Gasteiger charge is 2.10. The summed E-state index contributed by atoms with van der Waals surface area (Å²) in [6.45, 7) is 0.491. The molecule has 0 fully saturated rings. The van der Waals surface area contributed by atoms with Gasteiger partial charge in [-0.1, -0.05) is 23.7 Å². The first kappa shape index (κ1) is 13.2. The molecule has 0 spiro atoms. The summed E-state index contributed by atoms with van der Waals surface area (Å²) in [6, 6.07) is 12.1. The lowest BCUT2D eigenvalue weighted by molar-refractivity contribution is 0.0698. The summed E-state index contributed by atoms with van der Waals surface area (Å²) in [5.41, 5.74) is 7.66. The number of nitrogens with one attached hydrogen (secondary N) is 1. The average Bonchev–Trinajstić information content (AvgIpc) is 2.37. The third kappa shape index (κ3) is 3.39. The van der Waals surface area contributed by atoms with Gasteiger partial charge in [-0.05, 0) is 35.9 Å². The molecule has 0 aliphatic rings. The fourth-order valence-electron chi connectivity index (χ4n) is 1.74. The van der Waals surface area contributed by atoms with Crippen LogP contribution in [0.25, 0.3) is 0 Å². The molecule has 0 atom stereocenters. The number of rotatable bonds is 4. The molecule has 0 aliphatic carbocycles. The van der Waals surface area contributed by atoms with Crippen LogP contribution in [0.5, 0.6) is 0 Å². The summed E-state index contributed by atoms with van der Waals surface area (Å²) in [4.78, 5) is 11.1. The Balaban J connectivity index is 2.17. The van der Waals surface area contributed by atoms with Gasteiger partial charge < -0.3 is 16.2 Å². The number of carboxylic acids is 1. The molecule has 0 saturated heterocycles. The predicted molar refractivity (Wildman–Crippen MR) is 76.6 cm³/mol. The van der Waals surface area contributed by atoms with Gasteiger partial charge >= 0.3 is 5.97 Å². The third-order valence-corrected chi connectivity index (χ3v) is 2.88. The number of aromatic carboxylic acids is 1. The van der Waals surface area contributed by atoms with E-state index in [4.69, 9.17) is 22.4 Å². The van der Waals surface area contributed by atoms with Crippen molar-refractivity contribution < 1.29 is 9.90 Å². The van der Waals surface area contributed by atoms with Crippen LogP contribution in [0.4, 0.5) is 11.4 Å². The Bertz CT molecular complexity index is 614. The lowest BCUT2D eigenvalue weighted by atomic mass is 10.1. The SMILES string of the molecule is Nc1ccc(NCc2cccc(Cl)c2)c(C(=O)O)c1. The van der Waals surface area contributed by atoms with Crippen molar-refractivity contribution in [2.75, 3.05) is 11.1 Å². The number of hydrogen-bond donors (Lipinski definition) is 3. The van der Waals surface area contributed by atoms with Crippen molar-refractivity contribution in [2.45, 2.75) is 6.54 Å².